The Morgan fingerprint density at radius 3 is 2.56 bits per heavy atom. The predicted molar refractivity (Wildman–Crippen MR) is 60.1 cm³/mol. The number of carbonyl (C=O) groups is 1. The van der Waals surface area contributed by atoms with Crippen molar-refractivity contribution >= 4 is 5.91 Å². The van der Waals surface area contributed by atoms with Gasteiger partial charge in [-0.25, -0.2) is 0 Å². The van der Waals surface area contributed by atoms with E-state index >= 15 is 0 Å². The molecule has 1 heterocycles. The van der Waals surface area contributed by atoms with Gasteiger partial charge in [-0.1, -0.05) is 0 Å². The normalized spacial score (nSPS) is 17.8. The highest BCUT2D eigenvalue weighted by molar-refractivity contribution is 5.77. The van der Waals surface area contributed by atoms with E-state index in [4.69, 9.17) is 0 Å². The molecule has 0 atom stereocenters. The maximum absolute atomic E-state index is 11.8. The highest BCUT2D eigenvalue weighted by atomic mass is 19.4. The van der Waals surface area contributed by atoms with E-state index in [1.54, 1.807) is 7.05 Å². The monoisotopic (exact) mass is 268 g/mol. The lowest BCUT2D eigenvalue weighted by Gasteiger charge is -2.27. The minimum absolute atomic E-state index is 0.405. The molecule has 0 spiro atoms. The third-order valence-corrected chi connectivity index (χ3v) is 2.91. The van der Waals surface area contributed by atoms with E-state index < -0.39 is 25.3 Å². The summed E-state index contributed by atoms with van der Waals surface area (Å²) in [6.45, 7) is 0.547. The summed E-state index contributed by atoms with van der Waals surface area (Å²) in [6, 6.07) is 0. The molecule has 0 radical (unpaired) electrons. The van der Waals surface area contributed by atoms with Gasteiger partial charge in [0.1, 0.15) is 13.2 Å². The molecule has 0 unspecified atom stereocenters. The van der Waals surface area contributed by atoms with Gasteiger partial charge in [-0.15, -0.1) is 0 Å². The Bertz CT molecular complexity index is 266. The zero-order valence-corrected chi connectivity index (χ0v) is 10.4. The smallest absolute Gasteiger partial charge is 0.362 e. The Labute approximate surface area is 104 Å². The van der Waals surface area contributed by atoms with Crippen molar-refractivity contribution in [2.75, 3.05) is 39.9 Å². The molecule has 1 fully saturated rings. The van der Waals surface area contributed by atoms with Gasteiger partial charge in [-0.3, -0.25) is 4.79 Å². The van der Waals surface area contributed by atoms with Crippen LogP contribution < -0.4 is 5.32 Å². The third kappa shape index (κ3) is 6.20. The van der Waals surface area contributed by atoms with Crippen LogP contribution in [0.2, 0.25) is 0 Å². The van der Waals surface area contributed by atoms with Crippen LogP contribution >= 0.6 is 0 Å². The van der Waals surface area contributed by atoms with E-state index in [1.807, 2.05) is 0 Å². The average molecular weight is 268 g/mol. The van der Waals surface area contributed by atoms with Crippen molar-refractivity contribution in [1.29, 1.82) is 0 Å². The van der Waals surface area contributed by atoms with Gasteiger partial charge in [0, 0.05) is 13.6 Å². The number of rotatable bonds is 5. The Kier molecular flexibility index (Phi) is 5.87. The van der Waals surface area contributed by atoms with Crippen molar-refractivity contribution in [3.8, 4) is 0 Å². The van der Waals surface area contributed by atoms with Gasteiger partial charge < -0.3 is 15.0 Å². The molecular formula is C11H19F3N2O2. The number of halogens is 3. The van der Waals surface area contributed by atoms with E-state index in [1.165, 1.54) is 4.90 Å². The van der Waals surface area contributed by atoms with Crippen molar-refractivity contribution in [3.63, 3.8) is 0 Å². The molecule has 1 amide bonds. The molecule has 18 heavy (non-hydrogen) atoms. The van der Waals surface area contributed by atoms with Crippen LogP contribution in [0.1, 0.15) is 12.8 Å². The fraction of sp³-hybridized carbons (Fsp3) is 0.909. The number of alkyl halides is 3. The van der Waals surface area contributed by atoms with Crippen LogP contribution in [-0.4, -0.2) is 56.9 Å². The molecule has 4 nitrogen and oxygen atoms in total. The van der Waals surface area contributed by atoms with E-state index in [9.17, 15) is 18.0 Å². The zero-order valence-electron chi connectivity index (χ0n) is 10.4. The molecule has 1 N–H and O–H groups in total. The Morgan fingerprint density at radius 2 is 2.00 bits per heavy atom. The van der Waals surface area contributed by atoms with Crippen molar-refractivity contribution in [2.24, 2.45) is 5.92 Å². The lowest BCUT2D eigenvalue weighted by Crippen LogP contribution is -2.39. The van der Waals surface area contributed by atoms with E-state index in [0.717, 1.165) is 25.9 Å². The van der Waals surface area contributed by atoms with Gasteiger partial charge in [-0.2, -0.15) is 13.2 Å². The van der Waals surface area contributed by atoms with Crippen LogP contribution in [0.25, 0.3) is 0 Å². The molecule has 1 saturated heterocycles. The van der Waals surface area contributed by atoms with Crippen LogP contribution in [0.15, 0.2) is 0 Å². The second-order valence-electron chi connectivity index (χ2n) is 4.58. The highest BCUT2D eigenvalue weighted by Gasteiger charge is 2.28. The zero-order chi connectivity index (χ0) is 13.6. The van der Waals surface area contributed by atoms with Gasteiger partial charge >= 0.3 is 6.18 Å². The van der Waals surface area contributed by atoms with Crippen LogP contribution in [0.4, 0.5) is 13.2 Å². The Balaban J connectivity index is 2.19. The molecule has 0 aromatic heterocycles. The van der Waals surface area contributed by atoms with Crippen molar-refractivity contribution in [3.05, 3.63) is 0 Å². The summed E-state index contributed by atoms with van der Waals surface area (Å²) >= 11 is 0. The van der Waals surface area contributed by atoms with Crippen molar-refractivity contribution < 1.29 is 22.7 Å². The maximum Gasteiger partial charge on any atom is 0.411 e. The van der Waals surface area contributed by atoms with Crippen LogP contribution in [0.5, 0.6) is 0 Å². The van der Waals surface area contributed by atoms with Crippen LogP contribution in [0.3, 0.4) is 0 Å². The van der Waals surface area contributed by atoms with Gasteiger partial charge in [0.2, 0.25) is 5.91 Å². The molecule has 1 aliphatic rings. The minimum Gasteiger partial charge on any atom is -0.362 e. The average Bonchev–Trinajstić information content (AvgIpc) is 2.28. The number of likely N-dealkylation sites (N-methyl/N-ethyl adjacent to an activating group) is 1. The Morgan fingerprint density at radius 1 is 1.39 bits per heavy atom. The SMILES string of the molecule is CN(CC1CCNCC1)C(=O)COCC(F)(F)F. The van der Waals surface area contributed by atoms with E-state index in [2.05, 4.69) is 10.1 Å². The molecule has 1 aliphatic heterocycles. The first-order valence-corrected chi connectivity index (χ1v) is 5.97. The topological polar surface area (TPSA) is 41.6 Å². The summed E-state index contributed by atoms with van der Waals surface area (Å²) in [7, 11) is 1.60. The van der Waals surface area contributed by atoms with Crippen LogP contribution in [-0.2, 0) is 9.53 Å². The number of carbonyl (C=O) groups excluding carboxylic acids is 1. The maximum atomic E-state index is 11.8. The molecular weight excluding hydrogens is 249 g/mol. The summed E-state index contributed by atoms with van der Waals surface area (Å²) in [6.07, 6.45) is -2.41. The molecule has 7 heteroatoms. The number of amides is 1. The van der Waals surface area contributed by atoms with Crippen LogP contribution in [0, 0.1) is 5.92 Å². The highest BCUT2D eigenvalue weighted by Crippen LogP contribution is 2.15. The third-order valence-electron chi connectivity index (χ3n) is 2.91. The van der Waals surface area contributed by atoms with Gasteiger partial charge in [0.15, 0.2) is 0 Å². The summed E-state index contributed by atoms with van der Waals surface area (Å²) in [5.41, 5.74) is 0. The fourth-order valence-electron chi connectivity index (χ4n) is 1.92. The number of hydrogen-bond acceptors (Lipinski definition) is 3. The standard InChI is InChI=1S/C11H19F3N2O2/c1-16(6-9-2-4-15-5-3-9)10(17)7-18-8-11(12,13)14/h9,15H,2-8H2,1H3. The summed E-state index contributed by atoms with van der Waals surface area (Å²) in [4.78, 5) is 13.0. The van der Waals surface area contributed by atoms with E-state index in [0.29, 0.717) is 12.5 Å². The molecule has 0 saturated carbocycles. The molecule has 1 rings (SSSR count). The second-order valence-corrected chi connectivity index (χ2v) is 4.58. The van der Waals surface area contributed by atoms with E-state index in [-0.39, 0.29) is 0 Å². The molecule has 0 aromatic carbocycles. The lowest BCUT2D eigenvalue weighted by molar-refractivity contribution is -0.177. The van der Waals surface area contributed by atoms with Gasteiger partial charge in [0.25, 0.3) is 0 Å². The number of nitrogens with zero attached hydrogens (tertiary/aromatic N) is 1. The number of hydrogen-bond donors (Lipinski definition) is 1. The molecule has 106 valence electrons. The number of ether oxygens (including phenoxy) is 1. The molecule has 0 aromatic rings. The molecule has 0 aliphatic carbocycles. The quantitative estimate of drug-likeness (QED) is 0.809. The molecule has 0 bridgehead atoms. The lowest BCUT2D eigenvalue weighted by atomic mass is 9.98. The summed E-state index contributed by atoms with van der Waals surface area (Å²) < 4.78 is 39.8. The predicted octanol–water partition coefficient (Wildman–Crippen LogP) is 1.02. The first kappa shape index (κ1) is 15.2. The first-order chi connectivity index (χ1) is 8.38. The fourth-order valence-corrected chi connectivity index (χ4v) is 1.92. The van der Waals surface area contributed by atoms with Crippen molar-refractivity contribution in [2.45, 2.75) is 19.0 Å². The Hall–Kier alpha value is -0.820. The van der Waals surface area contributed by atoms with Gasteiger partial charge in [-0.05, 0) is 31.8 Å². The summed E-state index contributed by atoms with van der Waals surface area (Å²) in [5, 5.41) is 3.21. The largest absolute Gasteiger partial charge is 0.411 e. The summed E-state index contributed by atoms with van der Waals surface area (Å²) in [5.74, 6) is 0.0144. The first-order valence-electron chi connectivity index (χ1n) is 5.97. The number of piperidine rings is 1. The second kappa shape index (κ2) is 6.94. The minimum atomic E-state index is -4.38. The van der Waals surface area contributed by atoms with Crippen molar-refractivity contribution in [1.82, 2.24) is 10.2 Å². The number of nitrogens with one attached hydrogen (secondary N) is 1. The van der Waals surface area contributed by atoms with Gasteiger partial charge in [0.05, 0.1) is 0 Å².